The van der Waals surface area contributed by atoms with Crippen molar-refractivity contribution in [3.8, 4) is 0 Å². The second-order valence-corrected chi connectivity index (χ2v) is 5.14. The molecule has 1 heterocycles. The summed E-state index contributed by atoms with van der Waals surface area (Å²) in [5.41, 5.74) is 4.27. The zero-order valence-corrected chi connectivity index (χ0v) is 11.2. The molecule has 0 spiro atoms. The first-order valence-electron chi connectivity index (χ1n) is 6.52. The van der Waals surface area contributed by atoms with Crippen LogP contribution in [-0.4, -0.2) is 7.05 Å². The van der Waals surface area contributed by atoms with Crippen LogP contribution in [-0.2, 0) is 6.42 Å². The van der Waals surface area contributed by atoms with Crippen molar-refractivity contribution in [2.75, 3.05) is 7.05 Å². The molecule has 0 saturated carbocycles. The molecular formula is C16H19NO. The lowest BCUT2D eigenvalue weighted by molar-refractivity contribution is 0.426. The molecule has 0 radical (unpaired) electrons. The van der Waals surface area contributed by atoms with Gasteiger partial charge >= 0.3 is 0 Å². The van der Waals surface area contributed by atoms with Crippen LogP contribution < -0.4 is 5.32 Å². The Morgan fingerprint density at radius 1 is 1.28 bits per heavy atom. The lowest BCUT2D eigenvalue weighted by atomic mass is 9.72. The molecule has 2 nitrogen and oxygen atoms in total. The number of fused-ring (bicyclic) bond motifs is 1. The van der Waals surface area contributed by atoms with Gasteiger partial charge in [-0.15, -0.1) is 0 Å². The van der Waals surface area contributed by atoms with E-state index in [1.165, 1.54) is 16.7 Å². The number of likely N-dealkylation sites (N-methyl/N-ethyl adjacent to an activating group) is 1. The van der Waals surface area contributed by atoms with Crippen molar-refractivity contribution in [2.45, 2.75) is 32.2 Å². The molecule has 2 atom stereocenters. The van der Waals surface area contributed by atoms with Crippen molar-refractivity contribution in [2.24, 2.45) is 0 Å². The Labute approximate surface area is 108 Å². The standard InChI is InChI=1S/C16H19NO/c1-10-8-14(11(2)18-10)16(17-3)15-9-12-6-4-5-7-13(12)15/h4-8,15-17H,9H2,1-3H3. The highest BCUT2D eigenvalue weighted by atomic mass is 16.3. The highest BCUT2D eigenvalue weighted by Crippen LogP contribution is 2.44. The molecule has 94 valence electrons. The molecule has 1 aliphatic rings. The van der Waals surface area contributed by atoms with E-state index in [9.17, 15) is 0 Å². The van der Waals surface area contributed by atoms with E-state index in [2.05, 4.69) is 42.6 Å². The van der Waals surface area contributed by atoms with Crippen LogP contribution in [0.1, 0.15) is 40.2 Å². The second kappa shape index (κ2) is 4.29. The van der Waals surface area contributed by atoms with Crippen LogP contribution in [0.2, 0.25) is 0 Å². The van der Waals surface area contributed by atoms with Crippen LogP contribution >= 0.6 is 0 Å². The molecule has 1 aromatic carbocycles. The van der Waals surface area contributed by atoms with Gasteiger partial charge in [-0.25, -0.2) is 0 Å². The summed E-state index contributed by atoms with van der Waals surface area (Å²) in [4.78, 5) is 0. The van der Waals surface area contributed by atoms with Gasteiger partial charge in [0.1, 0.15) is 11.5 Å². The number of hydrogen-bond donors (Lipinski definition) is 1. The number of hydrogen-bond acceptors (Lipinski definition) is 2. The van der Waals surface area contributed by atoms with Crippen molar-refractivity contribution in [3.63, 3.8) is 0 Å². The van der Waals surface area contributed by atoms with E-state index in [1.807, 2.05) is 14.0 Å². The Bertz CT molecular complexity index is 570. The van der Waals surface area contributed by atoms with Gasteiger partial charge in [-0.2, -0.15) is 0 Å². The number of furan rings is 1. The predicted octanol–water partition coefficient (Wildman–Crippen LogP) is 3.50. The average molecular weight is 241 g/mol. The van der Waals surface area contributed by atoms with E-state index < -0.39 is 0 Å². The number of benzene rings is 1. The molecule has 1 aliphatic carbocycles. The number of rotatable bonds is 3. The van der Waals surface area contributed by atoms with E-state index in [0.717, 1.165) is 17.9 Å². The third kappa shape index (κ3) is 1.68. The summed E-state index contributed by atoms with van der Waals surface area (Å²) in [5.74, 6) is 2.61. The molecule has 1 aromatic heterocycles. The van der Waals surface area contributed by atoms with Crippen LogP contribution in [0.5, 0.6) is 0 Å². The van der Waals surface area contributed by atoms with E-state index in [0.29, 0.717) is 12.0 Å². The fourth-order valence-corrected chi connectivity index (χ4v) is 3.13. The molecule has 2 unspecified atom stereocenters. The van der Waals surface area contributed by atoms with Crippen LogP contribution in [0.25, 0.3) is 0 Å². The Morgan fingerprint density at radius 2 is 2.06 bits per heavy atom. The quantitative estimate of drug-likeness (QED) is 0.889. The van der Waals surface area contributed by atoms with Crippen LogP contribution in [0.4, 0.5) is 0 Å². The minimum atomic E-state index is 0.359. The predicted molar refractivity (Wildman–Crippen MR) is 72.9 cm³/mol. The molecule has 0 aliphatic heterocycles. The SMILES string of the molecule is CNC(c1cc(C)oc1C)C1Cc2ccccc21. The molecule has 2 heteroatoms. The fourth-order valence-electron chi connectivity index (χ4n) is 3.13. The Kier molecular flexibility index (Phi) is 2.75. The topological polar surface area (TPSA) is 25.2 Å². The Balaban J connectivity index is 1.94. The summed E-state index contributed by atoms with van der Waals surface area (Å²) in [6.07, 6.45) is 1.16. The van der Waals surface area contributed by atoms with E-state index in [1.54, 1.807) is 0 Å². The molecular weight excluding hydrogens is 222 g/mol. The Morgan fingerprint density at radius 3 is 2.67 bits per heavy atom. The third-order valence-electron chi connectivity index (χ3n) is 4.02. The fraction of sp³-hybridized carbons (Fsp3) is 0.375. The minimum Gasteiger partial charge on any atom is -0.466 e. The molecule has 0 bridgehead atoms. The smallest absolute Gasteiger partial charge is 0.105 e. The maximum absolute atomic E-state index is 5.66. The number of aryl methyl sites for hydroxylation is 2. The van der Waals surface area contributed by atoms with Gasteiger partial charge in [-0.3, -0.25) is 0 Å². The van der Waals surface area contributed by atoms with Crippen LogP contribution in [0.3, 0.4) is 0 Å². The van der Waals surface area contributed by atoms with Crippen LogP contribution in [0.15, 0.2) is 34.7 Å². The molecule has 18 heavy (non-hydrogen) atoms. The molecule has 0 amide bonds. The highest BCUT2D eigenvalue weighted by Gasteiger charge is 2.34. The summed E-state index contributed by atoms with van der Waals surface area (Å²) < 4.78 is 5.66. The van der Waals surface area contributed by atoms with Gasteiger partial charge in [0.2, 0.25) is 0 Å². The molecule has 2 aromatic rings. The maximum atomic E-state index is 5.66. The third-order valence-corrected chi connectivity index (χ3v) is 4.02. The molecule has 3 rings (SSSR count). The molecule has 0 saturated heterocycles. The first-order valence-corrected chi connectivity index (χ1v) is 6.52. The van der Waals surface area contributed by atoms with Crippen molar-refractivity contribution >= 4 is 0 Å². The summed E-state index contributed by atoms with van der Waals surface area (Å²) >= 11 is 0. The van der Waals surface area contributed by atoms with Crippen molar-refractivity contribution < 1.29 is 4.42 Å². The summed E-state index contributed by atoms with van der Waals surface area (Å²) in [5, 5.41) is 3.46. The summed E-state index contributed by atoms with van der Waals surface area (Å²) in [6.45, 7) is 4.06. The second-order valence-electron chi connectivity index (χ2n) is 5.14. The molecule has 1 N–H and O–H groups in total. The largest absolute Gasteiger partial charge is 0.466 e. The molecule has 0 fully saturated rings. The monoisotopic (exact) mass is 241 g/mol. The van der Waals surface area contributed by atoms with Gasteiger partial charge in [0.05, 0.1) is 0 Å². The van der Waals surface area contributed by atoms with Gasteiger partial charge < -0.3 is 9.73 Å². The van der Waals surface area contributed by atoms with Crippen molar-refractivity contribution in [1.29, 1.82) is 0 Å². The van der Waals surface area contributed by atoms with Gasteiger partial charge in [-0.1, -0.05) is 24.3 Å². The summed E-state index contributed by atoms with van der Waals surface area (Å²) in [6, 6.07) is 11.2. The van der Waals surface area contributed by atoms with Crippen molar-refractivity contribution in [1.82, 2.24) is 5.32 Å². The van der Waals surface area contributed by atoms with Gasteiger partial charge in [0, 0.05) is 17.5 Å². The van der Waals surface area contributed by atoms with Gasteiger partial charge in [-0.05, 0) is 44.5 Å². The zero-order chi connectivity index (χ0) is 12.7. The average Bonchev–Trinajstić information content (AvgIpc) is 2.65. The Hall–Kier alpha value is -1.54. The van der Waals surface area contributed by atoms with Gasteiger partial charge in [0.25, 0.3) is 0 Å². The van der Waals surface area contributed by atoms with Crippen molar-refractivity contribution in [3.05, 3.63) is 58.5 Å². The summed E-state index contributed by atoms with van der Waals surface area (Å²) in [7, 11) is 2.04. The highest BCUT2D eigenvalue weighted by molar-refractivity contribution is 5.43. The van der Waals surface area contributed by atoms with E-state index >= 15 is 0 Å². The first kappa shape index (κ1) is 11.5. The zero-order valence-electron chi connectivity index (χ0n) is 11.2. The van der Waals surface area contributed by atoms with E-state index in [-0.39, 0.29) is 0 Å². The lowest BCUT2D eigenvalue weighted by Gasteiger charge is -2.36. The number of nitrogens with one attached hydrogen (secondary N) is 1. The maximum Gasteiger partial charge on any atom is 0.105 e. The van der Waals surface area contributed by atoms with Crippen LogP contribution in [0, 0.1) is 13.8 Å². The first-order chi connectivity index (χ1) is 8.70. The minimum absolute atomic E-state index is 0.359. The normalized spacial score (nSPS) is 19.2. The van der Waals surface area contributed by atoms with E-state index in [4.69, 9.17) is 4.42 Å². The van der Waals surface area contributed by atoms with Gasteiger partial charge in [0.15, 0.2) is 0 Å². The lowest BCUT2D eigenvalue weighted by Crippen LogP contribution is -2.31.